The minimum Gasteiger partial charge on any atom is -0.399 e. The summed E-state index contributed by atoms with van der Waals surface area (Å²) in [5.41, 5.74) is 8.70. The van der Waals surface area contributed by atoms with Gasteiger partial charge in [0.15, 0.2) is 0 Å². The molecular weight excluding hydrogens is 300 g/mol. The fourth-order valence-corrected chi connectivity index (χ4v) is 3.17. The van der Waals surface area contributed by atoms with Crippen LogP contribution in [-0.2, 0) is 16.0 Å². The van der Waals surface area contributed by atoms with Crippen LogP contribution >= 0.6 is 0 Å². The number of carbonyl (C=O) groups is 1. The van der Waals surface area contributed by atoms with Gasteiger partial charge in [-0.15, -0.1) is 0 Å². The first-order chi connectivity index (χ1) is 11.7. The third-order valence-electron chi connectivity index (χ3n) is 4.48. The van der Waals surface area contributed by atoms with E-state index in [1.807, 2.05) is 54.6 Å². The summed E-state index contributed by atoms with van der Waals surface area (Å²) in [6.45, 7) is 1.34. The zero-order chi connectivity index (χ0) is 16.8. The Morgan fingerprint density at radius 1 is 1.12 bits per heavy atom. The first-order valence-electron chi connectivity index (χ1n) is 8.53. The van der Waals surface area contributed by atoms with Gasteiger partial charge in [-0.1, -0.05) is 42.5 Å². The zero-order valence-corrected chi connectivity index (χ0v) is 13.8. The largest absolute Gasteiger partial charge is 0.399 e. The predicted molar refractivity (Wildman–Crippen MR) is 95.4 cm³/mol. The van der Waals surface area contributed by atoms with Gasteiger partial charge in [-0.2, -0.15) is 0 Å². The first kappa shape index (κ1) is 16.5. The van der Waals surface area contributed by atoms with Crippen molar-refractivity contribution >= 4 is 11.6 Å². The van der Waals surface area contributed by atoms with Crippen LogP contribution in [0.1, 0.15) is 30.1 Å². The van der Waals surface area contributed by atoms with Gasteiger partial charge in [-0.3, -0.25) is 4.79 Å². The quantitative estimate of drug-likeness (QED) is 0.831. The molecule has 4 heteroatoms. The minimum atomic E-state index is -0.142. The van der Waals surface area contributed by atoms with E-state index < -0.39 is 0 Å². The van der Waals surface area contributed by atoms with E-state index in [1.54, 1.807) is 0 Å². The zero-order valence-electron chi connectivity index (χ0n) is 13.8. The molecule has 1 heterocycles. The molecule has 1 aliphatic rings. The third kappa shape index (κ3) is 4.15. The monoisotopic (exact) mass is 324 g/mol. The van der Waals surface area contributed by atoms with Crippen LogP contribution in [-0.4, -0.2) is 19.1 Å². The van der Waals surface area contributed by atoms with E-state index in [9.17, 15) is 4.79 Å². The van der Waals surface area contributed by atoms with Crippen LogP contribution in [0.15, 0.2) is 54.6 Å². The average Bonchev–Trinajstić information content (AvgIpc) is 2.64. The number of amides is 1. The van der Waals surface area contributed by atoms with Gasteiger partial charge in [-0.25, -0.2) is 0 Å². The van der Waals surface area contributed by atoms with Crippen molar-refractivity contribution < 1.29 is 9.53 Å². The molecule has 1 fully saturated rings. The SMILES string of the molecule is Nc1ccc(CCNC(=O)C2CCCOC2c2ccccc2)cc1. The molecule has 0 spiro atoms. The van der Waals surface area contributed by atoms with Gasteiger partial charge in [-0.05, 0) is 42.5 Å². The molecule has 3 rings (SSSR count). The molecule has 24 heavy (non-hydrogen) atoms. The maximum absolute atomic E-state index is 12.6. The highest BCUT2D eigenvalue weighted by Crippen LogP contribution is 2.33. The number of ether oxygens (including phenoxy) is 1. The second-order valence-electron chi connectivity index (χ2n) is 6.23. The van der Waals surface area contributed by atoms with Crippen LogP contribution in [0.3, 0.4) is 0 Å². The number of nitrogen functional groups attached to an aromatic ring is 1. The van der Waals surface area contributed by atoms with Crippen molar-refractivity contribution in [3.8, 4) is 0 Å². The van der Waals surface area contributed by atoms with Crippen molar-refractivity contribution in [2.24, 2.45) is 5.92 Å². The van der Waals surface area contributed by atoms with Gasteiger partial charge in [0.05, 0.1) is 12.0 Å². The number of hydrogen-bond donors (Lipinski definition) is 2. The number of nitrogens with one attached hydrogen (secondary N) is 1. The van der Waals surface area contributed by atoms with E-state index in [2.05, 4.69) is 5.32 Å². The summed E-state index contributed by atoms with van der Waals surface area (Å²) >= 11 is 0. The van der Waals surface area contributed by atoms with Gasteiger partial charge < -0.3 is 15.8 Å². The highest BCUT2D eigenvalue weighted by Gasteiger charge is 2.32. The Hall–Kier alpha value is -2.33. The molecule has 0 aromatic heterocycles. The van der Waals surface area contributed by atoms with Gasteiger partial charge >= 0.3 is 0 Å². The number of anilines is 1. The van der Waals surface area contributed by atoms with Crippen LogP contribution in [0.5, 0.6) is 0 Å². The third-order valence-corrected chi connectivity index (χ3v) is 4.48. The van der Waals surface area contributed by atoms with Crippen LogP contribution in [0.25, 0.3) is 0 Å². The predicted octanol–water partition coefficient (Wildman–Crippen LogP) is 3.10. The van der Waals surface area contributed by atoms with Crippen LogP contribution in [0.4, 0.5) is 5.69 Å². The molecule has 4 nitrogen and oxygen atoms in total. The van der Waals surface area contributed by atoms with Gasteiger partial charge in [0, 0.05) is 18.8 Å². The highest BCUT2D eigenvalue weighted by atomic mass is 16.5. The van der Waals surface area contributed by atoms with Crippen molar-refractivity contribution in [2.45, 2.75) is 25.4 Å². The molecule has 3 N–H and O–H groups in total. The summed E-state index contributed by atoms with van der Waals surface area (Å²) in [5.74, 6) is -0.0356. The maximum Gasteiger partial charge on any atom is 0.226 e. The maximum atomic E-state index is 12.6. The van der Waals surface area contributed by atoms with E-state index in [4.69, 9.17) is 10.5 Å². The second-order valence-corrected chi connectivity index (χ2v) is 6.23. The van der Waals surface area contributed by atoms with E-state index in [0.29, 0.717) is 6.54 Å². The first-order valence-corrected chi connectivity index (χ1v) is 8.53. The summed E-state index contributed by atoms with van der Waals surface area (Å²) in [4.78, 5) is 12.6. The van der Waals surface area contributed by atoms with E-state index in [1.165, 1.54) is 5.56 Å². The van der Waals surface area contributed by atoms with Crippen LogP contribution < -0.4 is 11.1 Å². The molecule has 0 radical (unpaired) electrons. The Kier molecular flexibility index (Phi) is 5.49. The molecule has 126 valence electrons. The Labute approximate surface area is 143 Å². The van der Waals surface area contributed by atoms with Crippen molar-refractivity contribution in [3.63, 3.8) is 0 Å². The minimum absolute atomic E-state index is 0.0824. The highest BCUT2D eigenvalue weighted by molar-refractivity contribution is 5.79. The van der Waals surface area contributed by atoms with E-state index in [-0.39, 0.29) is 17.9 Å². The van der Waals surface area contributed by atoms with Crippen LogP contribution in [0.2, 0.25) is 0 Å². The van der Waals surface area contributed by atoms with Crippen LogP contribution in [0, 0.1) is 5.92 Å². The Balaban J connectivity index is 1.57. The van der Waals surface area contributed by atoms with E-state index >= 15 is 0 Å². The molecule has 2 unspecified atom stereocenters. The van der Waals surface area contributed by atoms with Gasteiger partial charge in [0.1, 0.15) is 0 Å². The lowest BCUT2D eigenvalue weighted by Crippen LogP contribution is -2.38. The fourth-order valence-electron chi connectivity index (χ4n) is 3.17. The molecule has 0 bridgehead atoms. The number of hydrogen-bond acceptors (Lipinski definition) is 3. The molecule has 0 aliphatic carbocycles. The molecule has 1 amide bonds. The lowest BCUT2D eigenvalue weighted by molar-refractivity contribution is -0.134. The normalized spacial score (nSPS) is 20.5. The van der Waals surface area contributed by atoms with E-state index in [0.717, 1.165) is 37.1 Å². The Bertz CT molecular complexity index is 655. The summed E-state index contributed by atoms with van der Waals surface area (Å²) < 4.78 is 5.90. The smallest absolute Gasteiger partial charge is 0.226 e. The molecule has 1 aliphatic heterocycles. The topological polar surface area (TPSA) is 64.3 Å². The Morgan fingerprint density at radius 3 is 2.62 bits per heavy atom. The molecular formula is C20H24N2O2. The summed E-state index contributed by atoms with van der Waals surface area (Å²) in [5, 5.41) is 3.07. The number of carbonyl (C=O) groups excluding carboxylic acids is 1. The van der Waals surface area contributed by atoms with Gasteiger partial charge in [0.2, 0.25) is 5.91 Å². The summed E-state index contributed by atoms with van der Waals surface area (Å²) in [6, 6.07) is 17.8. The number of rotatable bonds is 5. The molecule has 2 aromatic carbocycles. The molecule has 0 saturated carbocycles. The summed E-state index contributed by atoms with van der Waals surface area (Å²) in [6.07, 6.45) is 2.46. The second kappa shape index (κ2) is 7.97. The van der Waals surface area contributed by atoms with Gasteiger partial charge in [0.25, 0.3) is 0 Å². The lowest BCUT2D eigenvalue weighted by atomic mass is 9.88. The standard InChI is InChI=1S/C20H24N2O2/c21-17-10-8-15(9-11-17)12-13-22-20(23)18-7-4-14-24-19(18)16-5-2-1-3-6-16/h1-3,5-6,8-11,18-19H,4,7,12-14,21H2,(H,22,23). The van der Waals surface area contributed by atoms with Crippen molar-refractivity contribution in [3.05, 3.63) is 65.7 Å². The Morgan fingerprint density at radius 2 is 1.88 bits per heavy atom. The fraction of sp³-hybridized carbons (Fsp3) is 0.350. The number of nitrogens with two attached hydrogens (primary N) is 1. The summed E-state index contributed by atoms with van der Waals surface area (Å²) in [7, 11) is 0. The number of benzene rings is 2. The molecule has 2 atom stereocenters. The van der Waals surface area contributed by atoms with Crippen molar-refractivity contribution in [1.82, 2.24) is 5.32 Å². The van der Waals surface area contributed by atoms with Crippen molar-refractivity contribution in [1.29, 1.82) is 0 Å². The molecule has 1 saturated heterocycles. The molecule has 2 aromatic rings. The lowest BCUT2D eigenvalue weighted by Gasteiger charge is -2.31. The average molecular weight is 324 g/mol. The van der Waals surface area contributed by atoms with Crippen molar-refractivity contribution in [2.75, 3.05) is 18.9 Å².